The second kappa shape index (κ2) is 19.0. The Bertz CT molecular complexity index is 1180. The van der Waals surface area contributed by atoms with Crippen molar-refractivity contribution in [1.82, 2.24) is 0 Å². The zero-order chi connectivity index (χ0) is 40.6. The summed E-state index contributed by atoms with van der Waals surface area (Å²) in [6.07, 6.45) is -36.4. The smallest absolute Gasteiger partial charge is 0.187 e. The molecule has 0 aromatic rings. The van der Waals surface area contributed by atoms with Crippen molar-refractivity contribution in [2.45, 2.75) is 155 Å². The molecular weight excluding hydrogens is 752 g/mol. The SMILES string of the molecule is CC1O[C@H](O[C@@H]2C(CO)O[C@H](O[C@@H]3C(CO)OC(O)C(O)[C@H]3O)C(O)[C@H]2O)C(O)[C@@H](O)[C@@H]1CC1CC(CO)C(O[C@H]2OC(CO)[C@@H](O)[C@H](O)C2O)C(O)C1O. The van der Waals surface area contributed by atoms with Gasteiger partial charge >= 0.3 is 0 Å². The molecule has 5 rings (SSSR count). The van der Waals surface area contributed by atoms with Gasteiger partial charge in [0.05, 0.1) is 44.2 Å². The molecule has 322 valence electrons. The highest BCUT2D eigenvalue weighted by Crippen LogP contribution is 2.41. The van der Waals surface area contributed by atoms with Crippen molar-refractivity contribution in [1.29, 1.82) is 0 Å². The average Bonchev–Trinajstić information content (AvgIpc) is 3.17. The fourth-order valence-electron chi connectivity index (χ4n) is 8.11. The van der Waals surface area contributed by atoms with E-state index in [1.54, 1.807) is 0 Å². The van der Waals surface area contributed by atoms with Crippen LogP contribution >= 0.6 is 0 Å². The van der Waals surface area contributed by atoms with E-state index in [0.29, 0.717) is 0 Å². The van der Waals surface area contributed by atoms with E-state index < -0.39 is 179 Å². The average molecular weight is 809 g/mol. The molecule has 0 aromatic heterocycles. The second-order valence-electron chi connectivity index (χ2n) is 14.9. The lowest BCUT2D eigenvalue weighted by molar-refractivity contribution is -0.375. The molecule has 55 heavy (non-hydrogen) atoms. The molecule has 4 aliphatic heterocycles. The zero-order valence-electron chi connectivity index (χ0n) is 29.7. The number of hydrogen-bond acceptors (Lipinski definition) is 23. The molecule has 16 N–H and O–H groups in total. The van der Waals surface area contributed by atoms with Gasteiger partial charge in [0.15, 0.2) is 25.2 Å². The molecule has 23 heteroatoms. The van der Waals surface area contributed by atoms with Crippen molar-refractivity contribution in [3.05, 3.63) is 0 Å². The highest BCUT2D eigenvalue weighted by Gasteiger charge is 2.55. The summed E-state index contributed by atoms with van der Waals surface area (Å²) < 4.78 is 38.8. The van der Waals surface area contributed by atoms with Crippen molar-refractivity contribution < 1.29 is 115 Å². The van der Waals surface area contributed by atoms with Crippen LogP contribution in [0.25, 0.3) is 0 Å². The van der Waals surface area contributed by atoms with Crippen molar-refractivity contribution in [3.63, 3.8) is 0 Å². The molecule has 14 unspecified atom stereocenters. The van der Waals surface area contributed by atoms with E-state index in [9.17, 15) is 81.7 Å². The number of hydrogen-bond donors (Lipinski definition) is 16. The molecule has 23 nitrogen and oxygen atoms in total. The van der Waals surface area contributed by atoms with Gasteiger partial charge in [0, 0.05) is 18.4 Å². The van der Waals surface area contributed by atoms with Gasteiger partial charge in [-0.1, -0.05) is 0 Å². The van der Waals surface area contributed by atoms with Gasteiger partial charge in [-0.05, 0) is 25.7 Å². The Morgan fingerprint density at radius 3 is 1.44 bits per heavy atom. The third kappa shape index (κ3) is 9.14. The van der Waals surface area contributed by atoms with Crippen LogP contribution in [0.4, 0.5) is 0 Å². The van der Waals surface area contributed by atoms with Crippen LogP contribution in [-0.4, -0.2) is 243 Å². The van der Waals surface area contributed by atoms with Crippen molar-refractivity contribution in [3.8, 4) is 0 Å². The van der Waals surface area contributed by atoms with Crippen LogP contribution in [0.3, 0.4) is 0 Å². The summed E-state index contributed by atoms with van der Waals surface area (Å²) in [4.78, 5) is 0. The fraction of sp³-hybridized carbons (Fsp3) is 1.00. The minimum Gasteiger partial charge on any atom is -0.396 e. The molecule has 1 aliphatic carbocycles. The van der Waals surface area contributed by atoms with Gasteiger partial charge in [-0.15, -0.1) is 0 Å². The lowest BCUT2D eigenvalue weighted by Gasteiger charge is -2.49. The quantitative estimate of drug-likeness (QED) is 0.0870. The van der Waals surface area contributed by atoms with E-state index >= 15 is 0 Å². The molecule has 0 radical (unpaired) electrons. The van der Waals surface area contributed by atoms with Crippen LogP contribution in [0.2, 0.25) is 0 Å². The Balaban J connectivity index is 1.20. The Morgan fingerprint density at radius 2 is 0.873 bits per heavy atom. The molecule has 0 spiro atoms. The van der Waals surface area contributed by atoms with Crippen LogP contribution in [0.15, 0.2) is 0 Å². The molecule has 1 saturated carbocycles. The second-order valence-corrected chi connectivity index (χ2v) is 14.9. The molecule has 0 amide bonds. The number of rotatable bonds is 12. The van der Waals surface area contributed by atoms with Crippen molar-refractivity contribution in [2.24, 2.45) is 17.8 Å². The maximum Gasteiger partial charge on any atom is 0.187 e. The molecule has 5 aliphatic rings. The molecule has 4 heterocycles. The highest BCUT2D eigenvalue weighted by molar-refractivity contribution is 5.00. The van der Waals surface area contributed by atoms with Gasteiger partial charge in [0.25, 0.3) is 0 Å². The first-order chi connectivity index (χ1) is 26.0. The summed E-state index contributed by atoms with van der Waals surface area (Å²) in [6, 6.07) is 0. The molecule has 5 fully saturated rings. The Kier molecular flexibility index (Phi) is 15.6. The number of ether oxygens (including phenoxy) is 7. The lowest BCUT2D eigenvalue weighted by atomic mass is 9.70. The largest absolute Gasteiger partial charge is 0.396 e. The summed E-state index contributed by atoms with van der Waals surface area (Å²) in [6.45, 7) is -1.48. The topological polar surface area (TPSA) is 388 Å². The monoisotopic (exact) mass is 808 g/mol. The Morgan fingerprint density at radius 1 is 0.418 bits per heavy atom. The van der Waals surface area contributed by atoms with Gasteiger partial charge in [-0.2, -0.15) is 0 Å². The minimum absolute atomic E-state index is 0.0176. The summed E-state index contributed by atoms with van der Waals surface area (Å²) in [5, 5.41) is 167. The maximum absolute atomic E-state index is 11.2. The van der Waals surface area contributed by atoms with Gasteiger partial charge in [-0.3, -0.25) is 0 Å². The number of aliphatic hydroxyl groups is 16. The van der Waals surface area contributed by atoms with Gasteiger partial charge < -0.3 is 115 Å². The predicted molar refractivity (Wildman–Crippen MR) is 171 cm³/mol. The van der Waals surface area contributed by atoms with Crippen molar-refractivity contribution in [2.75, 3.05) is 26.4 Å². The summed E-state index contributed by atoms with van der Waals surface area (Å²) in [5.41, 5.74) is 0. The van der Waals surface area contributed by atoms with E-state index in [1.807, 2.05) is 0 Å². The highest BCUT2D eigenvalue weighted by atomic mass is 16.8. The first-order valence-electron chi connectivity index (χ1n) is 18.2. The summed E-state index contributed by atoms with van der Waals surface area (Å²) >= 11 is 0. The van der Waals surface area contributed by atoms with E-state index in [2.05, 4.69) is 0 Å². The Labute approximate surface area is 314 Å². The number of aliphatic hydroxyl groups excluding tert-OH is 16. The fourth-order valence-corrected chi connectivity index (χ4v) is 8.11. The van der Waals surface area contributed by atoms with Crippen LogP contribution in [0, 0.1) is 17.8 Å². The minimum atomic E-state index is -1.97. The Hall–Kier alpha value is -0.920. The van der Waals surface area contributed by atoms with Crippen LogP contribution in [0.1, 0.15) is 19.8 Å². The molecule has 4 saturated heterocycles. The van der Waals surface area contributed by atoms with Crippen LogP contribution in [-0.2, 0) is 33.2 Å². The van der Waals surface area contributed by atoms with Gasteiger partial charge in [0.1, 0.15) is 85.5 Å². The zero-order valence-corrected chi connectivity index (χ0v) is 29.7. The first kappa shape index (κ1) is 45.2. The molecule has 0 aromatic carbocycles. The molecule has 25 atom stereocenters. The van der Waals surface area contributed by atoms with Gasteiger partial charge in [-0.25, -0.2) is 0 Å². The summed E-state index contributed by atoms with van der Waals surface area (Å²) in [5.74, 6) is -2.65. The van der Waals surface area contributed by atoms with Gasteiger partial charge in [0.2, 0.25) is 0 Å². The maximum atomic E-state index is 11.2. The van der Waals surface area contributed by atoms with E-state index in [-0.39, 0.29) is 12.8 Å². The molecule has 0 bridgehead atoms. The predicted octanol–water partition coefficient (Wildman–Crippen LogP) is -9.36. The standard InChI is InChI=1S/C32H56O23/c1-8-11(3-9-2-10(4-33)26(19(41)15(9)37)53-31-24(46)18(40)17(39)12(5-34)51-31)16(38)23(45)30(49-8)54-28-14(7-36)52-32(25(47)21(28)43)55-27-13(6-35)50-29(48)22(44)20(27)42/h8-48H,2-7H2,1H3/t8?,9?,10?,11-,12?,13?,14?,15?,16+,17-,18+,19?,20-,21-,22?,23?,24?,25?,26?,27-,28-,29?,30-,31-,32-/m1/s1. The van der Waals surface area contributed by atoms with Crippen molar-refractivity contribution >= 4 is 0 Å². The van der Waals surface area contributed by atoms with Crippen LogP contribution < -0.4 is 0 Å². The van der Waals surface area contributed by atoms with E-state index in [4.69, 9.17) is 33.2 Å². The summed E-state index contributed by atoms with van der Waals surface area (Å²) in [7, 11) is 0. The first-order valence-corrected chi connectivity index (χ1v) is 18.2. The lowest BCUT2D eigenvalue weighted by Crippen LogP contribution is -2.66. The third-order valence-corrected chi connectivity index (χ3v) is 11.5. The normalized spacial score (nSPS) is 53.9. The molecular formula is C32H56O23. The van der Waals surface area contributed by atoms with E-state index in [1.165, 1.54) is 6.92 Å². The third-order valence-electron chi connectivity index (χ3n) is 11.5. The van der Waals surface area contributed by atoms with Crippen LogP contribution in [0.5, 0.6) is 0 Å². The van der Waals surface area contributed by atoms with E-state index in [0.717, 1.165) is 0 Å².